The van der Waals surface area contributed by atoms with Crippen molar-refractivity contribution in [2.45, 2.75) is 18.9 Å². The van der Waals surface area contributed by atoms with Gasteiger partial charge in [0.25, 0.3) is 0 Å². The molecule has 0 radical (unpaired) electrons. The maximum atomic E-state index is 11.8. The highest BCUT2D eigenvalue weighted by atomic mass is 16.5. The molecular weight excluding hydrogens is 266 g/mol. The van der Waals surface area contributed by atoms with Crippen molar-refractivity contribution in [3.8, 4) is 0 Å². The van der Waals surface area contributed by atoms with Crippen LogP contribution < -0.4 is 10.6 Å². The zero-order valence-electron chi connectivity index (χ0n) is 11.6. The van der Waals surface area contributed by atoms with Crippen LogP contribution in [0, 0.1) is 0 Å². The normalized spacial score (nSPS) is 17.9. The van der Waals surface area contributed by atoms with Gasteiger partial charge in [0, 0.05) is 13.1 Å². The number of carbonyl (C=O) groups excluding carboxylic acids is 2. The standard InChI is InChI=1S/C12H21N3O5/c1-20-11(17)7-9(12(18)19)14-10(16)8-15-5-2-3-13-4-6-15/h9,13H,2-8H2,1H3,(H,14,16)(H,18,19)/t9-/m0/s1. The highest BCUT2D eigenvalue weighted by Gasteiger charge is 2.24. The Balaban J connectivity index is 2.44. The van der Waals surface area contributed by atoms with Crippen molar-refractivity contribution in [2.24, 2.45) is 0 Å². The minimum Gasteiger partial charge on any atom is -0.480 e. The van der Waals surface area contributed by atoms with E-state index in [1.807, 2.05) is 4.90 Å². The summed E-state index contributed by atoms with van der Waals surface area (Å²) in [6.07, 6.45) is 0.566. The summed E-state index contributed by atoms with van der Waals surface area (Å²) in [7, 11) is 1.17. The molecule has 3 N–H and O–H groups in total. The molecule has 1 aliphatic rings. The van der Waals surface area contributed by atoms with E-state index in [1.165, 1.54) is 7.11 Å². The molecule has 1 atom stereocenters. The summed E-state index contributed by atoms with van der Waals surface area (Å²) < 4.78 is 4.41. The number of aliphatic carboxylic acids is 1. The predicted octanol–water partition coefficient (Wildman–Crippen LogP) is -1.59. The van der Waals surface area contributed by atoms with E-state index in [4.69, 9.17) is 5.11 Å². The van der Waals surface area contributed by atoms with E-state index in [2.05, 4.69) is 15.4 Å². The van der Waals surface area contributed by atoms with Crippen LogP contribution in [0.2, 0.25) is 0 Å². The Bertz CT molecular complexity index is 353. The van der Waals surface area contributed by atoms with E-state index < -0.39 is 23.9 Å². The molecule has 0 spiro atoms. The van der Waals surface area contributed by atoms with Gasteiger partial charge in [-0.05, 0) is 19.5 Å². The van der Waals surface area contributed by atoms with Gasteiger partial charge in [-0.3, -0.25) is 14.5 Å². The average molecular weight is 287 g/mol. The Hall–Kier alpha value is -1.67. The number of nitrogens with one attached hydrogen (secondary N) is 2. The van der Waals surface area contributed by atoms with Crippen LogP contribution in [0.3, 0.4) is 0 Å². The van der Waals surface area contributed by atoms with E-state index in [9.17, 15) is 14.4 Å². The van der Waals surface area contributed by atoms with E-state index in [0.717, 1.165) is 32.6 Å². The smallest absolute Gasteiger partial charge is 0.326 e. The van der Waals surface area contributed by atoms with Crippen LogP contribution in [0.1, 0.15) is 12.8 Å². The van der Waals surface area contributed by atoms with Gasteiger partial charge >= 0.3 is 11.9 Å². The lowest BCUT2D eigenvalue weighted by atomic mass is 10.2. The predicted molar refractivity (Wildman–Crippen MR) is 70.1 cm³/mol. The molecule has 1 fully saturated rings. The lowest BCUT2D eigenvalue weighted by Gasteiger charge is -2.20. The minimum absolute atomic E-state index is 0.132. The molecule has 1 rings (SSSR count). The topological polar surface area (TPSA) is 108 Å². The van der Waals surface area contributed by atoms with Crippen molar-refractivity contribution in [2.75, 3.05) is 39.8 Å². The van der Waals surface area contributed by atoms with Crippen molar-refractivity contribution >= 4 is 17.8 Å². The van der Waals surface area contributed by atoms with E-state index in [1.54, 1.807) is 0 Å². The van der Waals surface area contributed by atoms with Crippen molar-refractivity contribution < 1.29 is 24.2 Å². The van der Waals surface area contributed by atoms with Gasteiger partial charge in [-0.2, -0.15) is 0 Å². The van der Waals surface area contributed by atoms with Gasteiger partial charge in [0.05, 0.1) is 20.1 Å². The zero-order valence-corrected chi connectivity index (χ0v) is 11.6. The van der Waals surface area contributed by atoms with Gasteiger partial charge in [0.15, 0.2) is 0 Å². The van der Waals surface area contributed by atoms with Gasteiger partial charge < -0.3 is 20.5 Å². The van der Waals surface area contributed by atoms with Crippen molar-refractivity contribution in [1.29, 1.82) is 0 Å². The molecule has 1 amide bonds. The molecule has 20 heavy (non-hydrogen) atoms. The third-order valence-electron chi connectivity index (χ3n) is 3.03. The largest absolute Gasteiger partial charge is 0.480 e. The third-order valence-corrected chi connectivity index (χ3v) is 3.03. The van der Waals surface area contributed by atoms with Gasteiger partial charge in [-0.15, -0.1) is 0 Å². The number of methoxy groups -OCH3 is 1. The second-order valence-corrected chi connectivity index (χ2v) is 4.62. The van der Waals surface area contributed by atoms with Crippen LogP contribution in [0.15, 0.2) is 0 Å². The highest BCUT2D eigenvalue weighted by molar-refractivity contribution is 5.87. The molecule has 0 aliphatic carbocycles. The fourth-order valence-corrected chi connectivity index (χ4v) is 1.95. The molecule has 0 aromatic rings. The van der Waals surface area contributed by atoms with E-state index in [-0.39, 0.29) is 13.0 Å². The summed E-state index contributed by atoms with van der Waals surface area (Å²) in [6, 6.07) is -1.25. The lowest BCUT2D eigenvalue weighted by Crippen LogP contribution is -2.47. The number of hydrogen-bond donors (Lipinski definition) is 3. The first-order chi connectivity index (χ1) is 9.52. The van der Waals surface area contributed by atoms with Crippen molar-refractivity contribution in [1.82, 2.24) is 15.5 Å². The zero-order chi connectivity index (χ0) is 15.0. The third kappa shape index (κ3) is 5.98. The first-order valence-electron chi connectivity index (χ1n) is 6.55. The molecule has 8 heteroatoms. The molecule has 114 valence electrons. The molecule has 0 bridgehead atoms. The SMILES string of the molecule is COC(=O)C[C@H](NC(=O)CN1CCCNCC1)C(=O)O. The molecule has 0 saturated carbocycles. The monoisotopic (exact) mass is 287 g/mol. The van der Waals surface area contributed by atoms with Gasteiger partial charge in [-0.1, -0.05) is 0 Å². The second kappa shape index (κ2) is 8.49. The summed E-state index contributed by atoms with van der Waals surface area (Å²) in [5.74, 6) is -2.32. The summed E-state index contributed by atoms with van der Waals surface area (Å²) in [6.45, 7) is 3.37. The Morgan fingerprint density at radius 1 is 1.35 bits per heavy atom. The molecule has 0 aromatic carbocycles. The Morgan fingerprint density at radius 2 is 2.10 bits per heavy atom. The molecule has 1 aliphatic heterocycles. The van der Waals surface area contributed by atoms with Gasteiger partial charge in [-0.25, -0.2) is 4.79 Å². The van der Waals surface area contributed by atoms with Crippen LogP contribution in [-0.2, 0) is 19.1 Å². The maximum Gasteiger partial charge on any atom is 0.326 e. The Labute approximate surface area is 117 Å². The number of esters is 1. The van der Waals surface area contributed by atoms with Gasteiger partial charge in [0.1, 0.15) is 6.04 Å². The van der Waals surface area contributed by atoms with Crippen LogP contribution >= 0.6 is 0 Å². The number of amides is 1. The van der Waals surface area contributed by atoms with Crippen molar-refractivity contribution in [3.63, 3.8) is 0 Å². The number of hydrogen-bond acceptors (Lipinski definition) is 6. The highest BCUT2D eigenvalue weighted by Crippen LogP contribution is 1.98. The first-order valence-corrected chi connectivity index (χ1v) is 6.55. The van der Waals surface area contributed by atoms with Crippen LogP contribution in [0.4, 0.5) is 0 Å². The lowest BCUT2D eigenvalue weighted by molar-refractivity contribution is -0.148. The molecule has 0 unspecified atom stereocenters. The number of carboxylic acid groups (broad SMARTS) is 1. The molecule has 1 saturated heterocycles. The molecule has 8 nitrogen and oxygen atoms in total. The van der Waals surface area contributed by atoms with E-state index in [0.29, 0.717) is 0 Å². The second-order valence-electron chi connectivity index (χ2n) is 4.62. The number of carboxylic acids is 1. The Kier molecular flexibility index (Phi) is 6.96. The molecule has 1 heterocycles. The molecule has 0 aromatic heterocycles. The van der Waals surface area contributed by atoms with Crippen LogP contribution in [0.5, 0.6) is 0 Å². The number of nitrogens with zero attached hydrogens (tertiary/aromatic N) is 1. The summed E-state index contributed by atoms with van der Waals surface area (Å²) in [5.41, 5.74) is 0. The maximum absolute atomic E-state index is 11.8. The van der Waals surface area contributed by atoms with Crippen molar-refractivity contribution in [3.05, 3.63) is 0 Å². The fourth-order valence-electron chi connectivity index (χ4n) is 1.95. The van der Waals surface area contributed by atoms with E-state index >= 15 is 0 Å². The van der Waals surface area contributed by atoms with Gasteiger partial charge in [0.2, 0.25) is 5.91 Å². The first kappa shape index (κ1) is 16.4. The van der Waals surface area contributed by atoms with Crippen LogP contribution in [-0.4, -0.2) is 73.7 Å². The number of rotatable bonds is 6. The van der Waals surface area contributed by atoms with Crippen LogP contribution in [0.25, 0.3) is 0 Å². The number of carbonyl (C=O) groups is 3. The molecular formula is C12H21N3O5. The summed E-state index contributed by atoms with van der Waals surface area (Å²) >= 11 is 0. The Morgan fingerprint density at radius 3 is 2.75 bits per heavy atom. The summed E-state index contributed by atoms with van der Waals surface area (Å²) in [5, 5.41) is 14.5. The number of ether oxygens (including phenoxy) is 1. The quantitative estimate of drug-likeness (QED) is 0.506. The average Bonchev–Trinajstić information content (AvgIpc) is 2.66. The fraction of sp³-hybridized carbons (Fsp3) is 0.750. The minimum atomic E-state index is -1.25. The summed E-state index contributed by atoms with van der Waals surface area (Å²) in [4.78, 5) is 35.8.